The fourth-order valence-electron chi connectivity index (χ4n) is 3.77. The molecular weight excluding hydrogens is 366 g/mol. The molecule has 0 aliphatic carbocycles. The summed E-state index contributed by atoms with van der Waals surface area (Å²) in [5.74, 6) is 0. The van der Waals surface area contributed by atoms with Gasteiger partial charge in [0.2, 0.25) is 0 Å². The molecule has 1 heterocycles. The van der Waals surface area contributed by atoms with E-state index in [-0.39, 0.29) is 5.54 Å². The van der Waals surface area contributed by atoms with Crippen LogP contribution in [-0.2, 0) is 0 Å². The van der Waals surface area contributed by atoms with Crippen molar-refractivity contribution in [3.63, 3.8) is 0 Å². The summed E-state index contributed by atoms with van der Waals surface area (Å²) in [6.45, 7) is 12.9. The molecule has 1 aliphatic rings. The summed E-state index contributed by atoms with van der Waals surface area (Å²) in [7, 11) is 2.11. The van der Waals surface area contributed by atoms with Crippen molar-refractivity contribution < 1.29 is 0 Å². The molecule has 0 fully saturated rings. The fraction of sp³-hybridized carbons (Fsp3) is 0.375. The van der Waals surface area contributed by atoms with Crippen molar-refractivity contribution in [2.75, 3.05) is 29.9 Å². The second-order valence-electron chi connectivity index (χ2n) is 7.88. The number of nitrogens with zero attached hydrogens (tertiary/aromatic N) is 3. The molecular formula is C24H30ClN3. The third-order valence-corrected chi connectivity index (χ3v) is 5.99. The Kier molecular flexibility index (Phi) is 5.85. The molecule has 0 bridgehead atoms. The van der Waals surface area contributed by atoms with Gasteiger partial charge in [0.05, 0.1) is 16.2 Å². The van der Waals surface area contributed by atoms with E-state index in [1.54, 1.807) is 0 Å². The van der Waals surface area contributed by atoms with E-state index < -0.39 is 0 Å². The van der Waals surface area contributed by atoms with E-state index >= 15 is 0 Å². The van der Waals surface area contributed by atoms with Gasteiger partial charge in [0.1, 0.15) is 0 Å². The lowest BCUT2D eigenvalue weighted by Crippen LogP contribution is -2.42. The Morgan fingerprint density at radius 2 is 1.75 bits per heavy atom. The molecule has 3 nitrogen and oxygen atoms in total. The number of anilines is 2. The average molecular weight is 396 g/mol. The zero-order valence-electron chi connectivity index (χ0n) is 17.8. The Hall–Kier alpha value is -2.26. The zero-order valence-corrected chi connectivity index (χ0v) is 18.5. The number of benzene rings is 2. The van der Waals surface area contributed by atoms with Crippen LogP contribution < -0.4 is 9.80 Å². The summed E-state index contributed by atoms with van der Waals surface area (Å²) in [5.41, 5.74) is 6.71. The van der Waals surface area contributed by atoms with Gasteiger partial charge in [0.25, 0.3) is 0 Å². The molecule has 2 aromatic rings. The molecule has 0 saturated heterocycles. The highest BCUT2D eigenvalue weighted by atomic mass is 35.5. The van der Waals surface area contributed by atoms with Gasteiger partial charge in [-0.05, 0) is 76.6 Å². The third kappa shape index (κ3) is 3.95. The Bertz CT molecular complexity index is 906. The van der Waals surface area contributed by atoms with Crippen molar-refractivity contribution >= 4 is 40.5 Å². The number of fused-ring (bicyclic) bond motifs is 1. The predicted molar refractivity (Wildman–Crippen MR) is 125 cm³/mol. The van der Waals surface area contributed by atoms with Crippen molar-refractivity contribution in [3.05, 3.63) is 58.6 Å². The van der Waals surface area contributed by atoms with Crippen LogP contribution in [0.2, 0.25) is 5.02 Å². The molecule has 1 aliphatic heterocycles. The molecule has 0 saturated carbocycles. The third-order valence-electron chi connectivity index (χ3n) is 5.67. The summed E-state index contributed by atoms with van der Waals surface area (Å²) in [4.78, 5) is 9.24. The number of halogens is 1. The van der Waals surface area contributed by atoms with Crippen molar-refractivity contribution in [1.29, 1.82) is 0 Å². The number of rotatable bonds is 5. The molecule has 148 valence electrons. The maximum absolute atomic E-state index is 6.59. The highest BCUT2D eigenvalue weighted by molar-refractivity contribution is 6.33. The van der Waals surface area contributed by atoms with Crippen molar-refractivity contribution in [1.82, 2.24) is 0 Å². The first-order valence-electron chi connectivity index (χ1n) is 9.93. The summed E-state index contributed by atoms with van der Waals surface area (Å²) in [6.07, 6.45) is 4.16. The van der Waals surface area contributed by atoms with Crippen LogP contribution in [0.3, 0.4) is 0 Å². The van der Waals surface area contributed by atoms with Gasteiger partial charge in [0, 0.05) is 48.9 Å². The van der Waals surface area contributed by atoms with Gasteiger partial charge in [-0.2, -0.15) is 0 Å². The second kappa shape index (κ2) is 8.00. The molecule has 0 unspecified atom stereocenters. The molecule has 2 aromatic carbocycles. The first-order valence-corrected chi connectivity index (χ1v) is 10.3. The normalized spacial score (nSPS) is 15.5. The smallest absolute Gasteiger partial charge is 0.0631 e. The maximum Gasteiger partial charge on any atom is 0.0631 e. The van der Waals surface area contributed by atoms with Gasteiger partial charge in [-0.15, -0.1) is 0 Å². The Labute approximate surface area is 174 Å². The van der Waals surface area contributed by atoms with E-state index in [1.807, 2.05) is 6.21 Å². The lowest BCUT2D eigenvalue weighted by atomic mass is 9.88. The first-order chi connectivity index (χ1) is 13.3. The standard InChI is InChI=1S/C24H30ClN3/c1-7-28(8-2)20-11-9-19(10-12-20)26-16-18-13-21-17(3)15-24(4,5)27(6)23(21)14-22(18)25/h9-16H,7-8H2,1-6H3. The number of likely N-dealkylation sites (N-methyl/N-ethyl adjacent to an activating group) is 1. The van der Waals surface area contributed by atoms with E-state index in [9.17, 15) is 0 Å². The molecule has 0 atom stereocenters. The van der Waals surface area contributed by atoms with E-state index in [4.69, 9.17) is 11.6 Å². The molecule has 0 radical (unpaired) electrons. The van der Waals surface area contributed by atoms with E-state index in [0.29, 0.717) is 0 Å². The van der Waals surface area contributed by atoms with Crippen molar-refractivity contribution in [2.45, 2.75) is 40.2 Å². The van der Waals surface area contributed by atoms with E-state index in [1.165, 1.54) is 16.8 Å². The number of aliphatic imine (C=N–C) groups is 1. The minimum Gasteiger partial charge on any atom is -0.372 e. The van der Waals surface area contributed by atoms with Gasteiger partial charge < -0.3 is 9.80 Å². The fourth-order valence-corrected chi connectivity index (χ4v) is 3.98. The minimum atomic E-state index is -0.0252. The van der Waals surface area contributed by atoms with Gasteiger partial charge in [-0.25, -0.2) is 0 Å². The van der Waals surface area contributed by atoms with Gasteiger partial charge in [-0.1, -0.05) is 17.7 Å². The maximum atomic E-state index is 6.59. The number of hydrogen-bond donors (Lipinski definition) is 0. The second-order valence-corrected chi connectivity index (χ2v) is 8.28. The van der Waals surface area contributed by atoms with Crippen molar-refractivity contribution in [3.8, 4) is 0 Å². The average Bonchev–Trinajstić information content (AvgIpc) is 2.66. The van der Waals surface area contributed by atoms with Gasteiger partial charge in [-0.3, -0.25) is 4.99 Å². The van der Waals surface area contributed by atoms with Crippen LogP contribution in [0, 0.1) is 0 Å². The van der Waals surface area contributed by atoms with Crippen LogP contribution in [0.15, 0.2) is 47.5 Å². The summed E-state index contributed by atoms with van der Waals surface area (Å²) in [6, 6.07) is 12.6. The quantitative estimate of drug-likeness (QED) is 0.533. The largest absolute Gasteiger partial charge is 0.372 e. The van der Waals surface area contributed by atoms with Crippen LogP contribution >= 0.6 is 11.6 Å². The molecule has 0 N–H and O–H groups in total. The SMILES string of the molecule is CCN(CC)c1ccc(N=Cc2cc3c(cc2Cl)N(C)C(C)(C)C=C3C)cc1. The van der Waals surface area contributed by atoms with Crippen molar-refractivity contribution in [2.24, 2.45) is 4.99 Å². The lowest BCUT2D eigenvalue weighted by molar-refractivity contribution is 0.598. The van der Waals surface area contributed by atoms with E-state index in [0.717, 1.165) is 35.1 Å². The van der Waals surface area contributed by atoms with Crippen LogP contribution in [0.1, 0.15) is 45.7 Å². The predicted octanol–water partition coefficient (Wildman–Crippen LogP) is 6.57. The topological polar surface area (TPSA) is 18.8 Å². The van der Waals surface area contributed by atoms with Crippen LogP contribution in [-0.4, -0.2) is 31.9 Å². The van der Waals surface area contributed by atoms with Crippen LogP contribution in [0.4, 0.5) is 17.1 Å². The molecule has 4 heteroatoms. The molecule has 0 aromatic heterocycles. The number of hydrogen-bond acceptors (Lipinski definition) is 3. The Morgan fingerprint density at radius 3 is 2.36 bits per heavy atom. The van der Waals surface area contributed by atoms with E-state index in [2.05, 4.69) is 98.9 Å². The molecule has 28 heavy (non-hydrogen) atoms. The summed E-state index contributed by atoms with van der Waals surface area (Å²) in [5, 5.41) is 0.722. The number of allylic oxidation sites excluding steroid dienone is 1. The van der Waals surface area contributed by atoms with Gasteiger partial charge in [0.15, 0.2) is 0 Å². The highest BCUT2D eigenvalue weighted by Gasteiger charge is 2.29. The highest BCUT2D eigenvalue weighted by Crippen LogP contribution is 2.40. The Morgan fingerprint density at radius 1 is 1.11 bits per heavy atom. The molecule has 0 spiro atoms. The monoisotopic (exact) mass is 395 g/mol. The summed E-state index contributed by atoms with van der Waals surface area (Å²) >= 11 is 6.59. The zero-order chi connectivity index (χ0) is 20.5. The molecule has 3 rings (SSSR count). The lowest BCUT2D eigenvalue weighted by Gasteiger charge is -2.40. The van der Waals surface area contributed by atoms with Crippen LogP contribution in [0.25, 0.3) is 5.57 Å². The van der Waals surface area contributed by atoms with Gasteiger partial charge >= 0.3 is 0 Å². The summed E-state index contributed by atoms with van der Waals surface area (Å²) < 4.78 is 0. The minimum absolute atomic E-state index is 0.0252. The molecule has 0 amide bonds. The van der Waals surface area contributed by atoms with Crippen LogP contribution in [0.5, 0.6) is 0 Å². The first kappa shape index (κ1) is 20.5. The Balaban J connectivity index is 1.89.